The van der Waals surface area contributed by atoms with Crippen LogP contribution in [0.25, 0.3) is 0 Å². The highest BCUT2D eigenvalue weighted by molar-refractivity contribution is 5.05. The molecule has 1 aromatic heterocycles. The van der Waals surface area contributed by atoms with Crippen molar-refractivity contribution in [1.29, 1.82) is 0 Å². The average molecular weight is 235 g/mol. The standard InChI is InChI=1S/C14H25N3/c1-12(2)7-5-6-10-17-14(11-15-16-17)9-8-13(3)4/h8,11-12H,5-7,9-10H2,1-4H3. The van der Waals surface area contributed by atoms with Crippen molar-refractivity contribution in [1.82, 2.24) is 15.0 Å². The van der Waals surface area contributed by atoms with Gasteiger partial charge in [0.1, 0.15) is 0 Å². The summed E-state index contributed by atoms with van der Waals surface area (Å²) in [5.41, 5.74) is 2.56. The van der Waals surface area contributed by atoms with Gasteiger partial charge >= 0.3 is 0 Å². The number of allylic oxidation sites excluding steroid dienone is 2. The molecular formula is C14H25N3. The van der Waals surface area contributed by atoms with E-state index in [1.54, 1.807) is 0 Å². The van der Waals surface area contributed by atoms with Gasteiger partial charge in [0, 0.05) is 13.0 Å². The Hall–Kier alpha value is -1.12. The van der Waals surface area contributed by atoms with Crippen LogP contribution in [0.1, 0.15) is 52.7 Å². The molecule has 0 saturated carbocycles. The summed E-state index contributed by atoms with van der Waals surface area (Å²) in [6, 6.07) is 0. The Morgan fingerprint density at radius 3 is 2.76 bits per heavy atom. The maximum atomic E-state index is 4.15. The second kappa shape index (κ2) is 7.25. The van der Waals surface area contributed by atoms with Crippen molar-refractivity contribution >= 4 is 0 Å². The summed E-state index contributed by atoms with van der Waals surface area (Å²) in [5, 5.41) is 8.15. The van der Waals surface area contributed by atoms with E-state index < -0.39 is 0 Å². The normalized spacial score (nSPS) is 10.9. The van der Waals surface area contributed by atoms with E-state index in [-0.39, 0.29) is 0 Å². The fourth-order valence-corrected chi connectivity index (χ4v) is 1.75. The van der Waals surface area contributed by atoms with Gasteiger partial charge in [-0.3, -0.25) is 0 Å². The lowest BCUT2D eigenvalue weighted by Gasteiger charge is -2.06. The molecule has 0 aromatic carbocycles. The molecule has 0 unspecified atom stereocenters. The zero-order valence-electron chi connectivity index (χ0n) is 11.6. The van der Waals surface area contributed by atoms with Crippen LogP contribution in [-0.4, -0.2) is 15.0 Å². The molecule has 0 aliphatic heterocycles. The van der Waals surface area contributed by atoms with Crippen molar-refractivity contribution in [3.8, 4) is 0 Å². The van der Waals surface area contributed by atoms with Gasteiger partial charge < -0.3 is 0 Å². The topological polar surface area (TPSA) is 30.7 Å². The smallest absolute Gasteiger partial charge is 0.0728 e. The number of aromatic nitrogens is 3. The van der Waals surface area contributed by atoms with E-state index in [2.05, 4.69) is 44.1 Å². The van der Waals surface area contributed by atoms with Crippen molar-refractivity contribution in [3.05, 3.63) is 23.5 Å². The van der Waals surface area contributed by atoms with Crippen LogP contribution in [0.5, 0.6) is 0 Å². The van der Waals surface area contributed by atoms with E-state index in [0.717, 1.165) is 18.9 Å². The van der Waals surface area contributed by atoms with Gasteiger partial charge in [-0.1, -0.05) is 43.6 Å². The molecule has 0 N–H and O–H groups in total. The monoisotopic (exact) mass is 235 g/mol. The third-order valence-corrected chi connectivity index (χ3v) is 2.82. The van der Waals surface area contributed by atoms with Crippen LogP contribution >= 0.6 is 0 Å². The Kier molecular flexibility index (Phi) is 5.95. The van der Waals surface area contributed by atoms with Gasteiger partial charge in [-0.15, -0.1) is 5.10 Å². The summed E-state index contributed by atoms with van der Waals surface area (Å²) >= 11 is 0. The third-order valence-electron chi connectivity index (χ3n) is 2.82. The number of hydrogen-bond acceptors (Lipinski definition) is 2. The molecule has 17 heavy (non-hydrogen) atoms. The Morgan fingerprint density at radius 2 is 2.12 bits per heavy atom. The number of hydrogen-bond donors (Lipinski definition) is 0. The van der Waals surface area contributed by atoms with Gasteiger partial charge in [-0.2, -0.15) is 0 Å². The number of unbranched alkanes of at least 4 members (excludes halogenated alkanes) is 1. The van der Waals surface area contributed by atoms with Crippen molar-refractivity contribution in [2.75, 3.05) is 0 Å². The van der Waals surface area contributed by atoms with Crippen LogP contribution in [0.15, 0.2) is 17.8 Å². The molecule has 0 bridgehead atoms. The fraction of sp³-hybridized carbons (Fsp3) is 0.714. The first-order chi connectivity index (χ1) is 8.09. The molecule has 0 saturated heterocycles. The number of rotatable bonds is 7. The summed E-state index contributed by atoms with van der Waals surface area (Å²) in [7, 11) is 0. The van der Waals surface area contributed by atoms with Crippen molar-refractivity contribution in [2.45, 2.75) is 59.9 Å². The second-order valence-corrected chi connectivity index (χ2v) is 5.32. The molecule has 0 aliphatic carbocycles. The number of aryl methyl sites for hydroxylation is 1. The fourth-order valence-electron chi connectivity index (χ4n) is 1.75. The van der Waals surface area contributed by atoms with Gasteiger partial charge in [0.2, 0.25) is 0 Å². The lowest BCUT2D eigenvalue weighted by Crippen LogP contribution is -2.05. The summed E-state index contributed by atoms with van der Waals surface area (Å²) in [4.78, 5) is 0. The molecule has 1 heterocycles. The van der Waals surface area contributed by atoms with Crippen LogP contribution < -0.4 is 0 Å². The average Bonchev–Trinajstić information content (AvgIpc) is 2.68. The van der Waals surface area contributed by atoms with Crippen LogP contribution in [0.3, 0.4) is 0 Å². The van der Waals surface area contributed by atoms with Crippen LogP contribution in [0.4, 0.5) is 0 Å². The quantitative estimate of drug-likeness (QED) is 0.534. The summed E-state index contributed by atoms with van der Waals surface area (Å²) in [6.07, 6.45) is 8.83. The minimum atomic E-state index is 0.802. The highest BCUT2D eigenvalue weighted by Gasteiger charge is 2.02. The lowest BCUT2D eigenvalue weighted by atomic mass is 10.1. The van der Waals surface area contributed by atoms with E-state index in [9.17, 15) is 0 Å². The van der Waals surface area contributed by atoms with Gasteiger partial charge in [0.15, 0.2) is 0 Å². The van der Waals surface area contributed by atoms with Gasteiger partial charge in [0.05, 0.1) is 11.9 Å². The molecule has 3 heteroatoms. The Balaban J connectivity index is 2.38. The molecule has 0 radical (unpaired) electrons. The zero-order valence-corrected chi connectivity index (χ0v) is 11.6. The summed E-state index contributed by atoms with van der Waals surface area (Å²) < 4.78 is 2.04. The molecule has 0 aliphatic rings. The minimum absolute atomic E-state index is 0.802. The van der Waals surface area contributed by atoms with E-state index in [1.807, 2.05) is 10.9 Å². The Bertz CT molecular complexity index is 346. The Labute approximate surface area is 105 Å². The SMILES string of the molecule is CC(C)=CCc1cnnn1CCCCC(C)C. The Morgan fingerprint density at radius 1 is 1.35 bits per heavy atom. The molecule has 1 aromatic rings. The maximum Gasteiger partial charge on any atom is 0.0728 e. The highest BCUT2D eigenvalue weighted by atomic mass is 15.4. The lowest BCUT2D eigenvalue weighted by molar-refractivity contribution is 0.479. The zero-order chi connectivity index (χ0) is 12.7. The van der Waals surface area contributed by atoms with E-state index >= 15 is 0 Å². The largest absolute Gasteiger partial charge is 0.249 e. The molecular weight excluding hydrogens is 210 g/mol. The second-order valence-electron chi connectivity index (χ2n) is 5.32. The van der Waals surface area contributed by atoms with Crippen LogP contribution in [0, 0.1) is 5.92 Å². The van der Waals surface area contributed by atoms with Gasteiger partial charge in [0.25, 0.3) is 0 Å². The van der Waals surface area contributed by atoms with Crippen molar-refractivity contribution in [2.24, 2.45) is 5.92 Å². The van der Waals surface area contributed by atoms with Crippen molar-refractivity contribution in [3.63, 3.8) is 0 Å². The predicted octanol–water partition coefficient (Wildman–Crippen LogP) is 3.61. The van der Waals surface area contributed by atoms with Gasteiger partial charge in [-0.05, 0) is 26.2 Å². The van der Waals surface area contributed by atoms with Crippen LogP contribution in [0.2, 0.25) is 0 Å². The van der Waals surface area contributed by atoms with Crippen LogP contribution in [-0.2, 0) is 13.0 Å². The molecule has 1 rings (SSSR count). The van der Waals surface area contributed by atoms with E-state index in [1.165, 1.54) is 30.5 Å². The highest BCUT2D eigenvalue weighted by Crippen LogP contribution is 2.08. The maximum absolute atomic E-state index is 4.15. The molecule has 0 spiro atoms. The predicted molar refractivity (Wildman–Crippen MR) is 71.8 cm³/mol. The van der Waals surface area contributed by atoms with Gasteiger partial charge in [-0.25, -0.2) is 4.68 Å². The summed E-state index contributed by atoms with van der Waals surface area (Å²) in [6.45, 7) is 9.79. The minimum Gasteiger partial charge on any atom is -0.249 e. The molecule has 0 amide bonds. The van der Waals surface area contributed by atoms with E-state index in [0.29, 0.717) is 0 Å². The summed E-state index contributed by atoms with van der Waals surface area (Å²) in [5.74, 6) is 0.802. The van der Waals surface area contributed by atoms with Crippen molar-refractivity contribution < 1.29 is 0 Å². The first kappa shape index (κ1) is 13.9. The third kappa shape index (κ3) is 5.66. The first-order valence-corrected chi connectivity index (χ1v) is 6.60. The molecule has 3 nitrogen and oxygen atoms in total. The molecule has 0 fully saturated rings. The first-order valence-electron chi connectivity index (χ1n) is 6.60. The number of nitrogens with zero attached hydrogens (tertiary/aromatic N) is 3. The van der Waals surface area contributed by atoms with E-state index in [4.69, 9.17) is 0 Å². The molecule has 0 atom stereocenters. The molecule has 96 valence electrons.